The number of aromatic nitrogens is 2. The van der Waals surface area contributed by atoms with Gasteiger partial charge in [-0.05, 0) is 34.8 Å². The van der Waals surface area contributed by atoms with E-state index in [-0.39, 0.29) is 5.91 Å². The Morgan fingerprint density at radius 1 is 1.61 bits per heavy atom. The lowest BCUT2D eigenvalue weighted by Gasteiger charge is -2.06. The maximum Gasteiger partial charge on any atom is 0.274 e. The van der Waals surface area contributed by atoms with Crippen LogP contribution in [0, 0.1) is 0 Å². The van der Waals surface area contributed by atoms with E-state index in [4.69, 9.17) is 11.6 Å². The molecule has 1 aliphatic carbocycles. The summed E-state index contributed by atoms with van der Waals surface area (Å²) in [5, 5.41) is 3.94. The van der Waals surface area contributed by atoms with Gasteiger partial charge in [0.05, 0.1) is 15.0 Å². The first-order valence-corrected chi connectivity index (χ1v) is 7.42. The monoisotopic (exact) mass is 345 g/mol. The smallest absolute Gasteiger partial charge is 0.274 e. The Hall–Kier alpha value is -0.850. The Bertz CT molecular complexity index is 605. The van der Waals surface area contributed by atoms with Gasteiger partial charge >= 0.3 is 0 Å². The highest BCUT2D eigenvalue weighted by Crippen LogP contribution is 2.37. The molecule has 2 aromatic rings. The Balaban J connectivity index is 1.83. The fourth-order valence-electron chi connectivity index (χ4n) is 1.76. The van der Waals surface area contributed by atoms with Crippen LogP contribution >= 0.6 is 38.9 Å². The van der Waals surface area contributed by atoms with E-state index in [1.54, 1.807) is 12.3 Å². The molecule has 7 heteroatoms. The zero-order valence-electron chi connectivity index (χ0n) is 9.19. The van der Waals surface area contributed by atoms with Crippen molar-refractivity contribution in [3.8, 4) is 0 Å². The van der Waals surface area contributed by atoms with E-state index in [1.165, 1.54) is 11.3 Å². The second-order valence-corrected chi connectivity index (χ2v) is 6.95. The molecule has 1 fully saturated rings. The van der Waals surface area contributed by atoms with E-state index >= 15 is 0 Å². The van der Waals surface area contributed by atoms with Crippen molar-refractivity contribution in [2.24, 2.45) is 0 Å². The van der Waals surface area contributed by atoms with Gasteiger partial charge in [-0.1, -0.05) is 22.9 Å². The lowest BCUT2D eigenvalue weighted by Crippen LogP contribution is -2.16. The molecule has 4 nitrogen and oxygen atoms in total. The van der Waals surface area contributed by atoms with Gasteiger partial charge in [-0.3, -0.25) is 10.1 Å². The van der Waals surface area contributed by atoms with Gasteiger partial charge in [-0.25, -0.2) is 4.98 Å². The molecule has 3 rings (SSSR count). The van der Waals surface area contributed by atoms with Crippen molar-refractivity contribution in [1.82, 2.24) is 9.55 Å². The molecular weight excluding hydrogens is 338 g/mol. The highest BCUT2D eigenvalue weighted by atomic mass is 79.9. The van der Waals surface area contributed by atoms with Crippen LogP contribution in [0.25, 0.3) is 0 Å². The quantitative estimate of drug-likeness (QED) is 0.915. The number of hydrogen-bond donors (Lipinski definition) is 1. The van der Waals surface area contributed by atoms with Crippen molar-refractivity contribution in [2.75, 3.05) is 5.32 Å². The summed E-state index contributed by atoms with van der Waals surface area (Å²) in [7, 11) is 0. The van der Waals surface area contributed by atoms with Crippen molar-refractivity contribution in [3.05, 3.63) is 33.0 Å². The molecule has 0 spiro atoms. The van der Waals surface area contributed by atoms with Crippen LogP contribution in [0.1, 0.15) is 29.4 Å². The third kappa shape index (κ3) is 2.46. The van der Waals surface area contributed by atoms with Crippen molar-refractivity contribution in [1.29, 1.82) is 0 Å². The molecule has 0 aliphatic heterocycles. The molecule has 0 atom stereocenters. The van der Waals surface area contributed by atoms with Gasteiger partial charge in [0, 0.05) is 12.2 Å². The number of carbonyl (C=O) groups excluding carboxylic acids is 1. The molecule has 0 unspecified atom stereocenters. The molecule has 94 valence electrons. The van der Waals surface area contributed by atoms with Gasteiger partial charge in [0.15, 0.2) is 5.13 Å². The lowest BCUT2D eigenvalue weighted by molar-refractivity contribution is 0.101. The van der Waals surface area contributed by atoms with Crippen LogP contribution in [0.15, 0.2) is 22.2 Å². The topological polar surface area (TPSA) is 46.9 Å². The number of amides is 1. The number of halogens is 2. The van der Waals surface area contributed by atoms with E-state index in [1.807, 2.05) is 10.8 Å². The standard InChI is InChI=1S/C11H9BrClN3OS/c12-9-4-14-11(18-9)15-10(17)8-3-6(13)5-16(8)7-1-2-7/h3-5,7H,1-2H2,(H,14,15,17). The van der Waals surface area contributed by atoms with E-state index in [2.05, 4.69) is 26.2 Å². The summed E-state index contributed by atoms with van der Waals surface area (Å²) in [6.07, 6.45) is 5.68. The minimum absolute atomic E-state index is 0.171. The van der Waals surface area contributed by atoms with Gasteiger partial charge < -0.3 is 4.57 Å². The second-order valence-electron chi connectivity index (χ2n) is 4.11. The van der Waals surface area contributed by atoms with E-state index < -0.39 is 0 Å². The van der Waals surface area contributed by atoms with Crippen molar-refractivity contribution in [3.63, 3.8) is 0 Å². The molecule has 2 heterocycles. The number of thiazole rings is 1. The van der Waals surface area contributed by atoms with Gasteiger partial charge in [0.1, 0.15) is 5.69 Å². The zero-order chi connectivity index (χ0) is 12.7. The second kappa shape index (κ2) is 4.68. The molecule has 0 saturated heterocycles. The predicted molar refractivity (Wildman–Crippen MR) is 75.5 cm³/mol. The van der Waals surface area contributed by atoms with Crippen LogP contribution in [0.2, 0.25) is 5.02 Å². The van der Waals surface area contributed by atoms with Crippen molar-refractivity contribution in [2.45, 2.75) is 18.9 Å². The Morgan fingerprint density at radius 3 is 3.00 bits per heavy atom. The van der Waals surface area contributed by atoms with Crippen molar-refractivity contribution >= 4 is 49.9 Å². The molecule has 18 heavy (non-hydrogen) atoms. The minimum Gasteiger partial charge on any atom is -0.339 e. The fourth-order valence-corrected chi connectivity index (χ4v) is 3.07. The normalized spacial score (nSPS) is 14.8. The van der Waals surface area contributed by atoms with Crippen LogP contribution in [-0.4, -0.2) is 15.5 Å². The summed E-state index contributed by atoms with van der Waals surface area (Å²) < 4.78 is 2.83. The third-order valence-corrected chi connectivity index (χ3v) is 4.28. The molecule has 0 aromatic carbocycles. The van der Waals surface area contributed by atoms with E-state index in [0.29, 0.717) is 21.9 Å². The summed E-state index contributed by atoms with van der Waals surface area (Å²) >= 11 is 10.7. The lowest BCUT2D eigenvalue weighted by atomic mass is 10.4. The zero-order valence-corrected chi connectivity index (χ0v) is 12.3. The first-order chi connectivity index (χ1) is 8.63. The van der Waals surface area contributed by atoms with Gasteiger partial charge in [-0.2, -0.15) is 0 Å². The van der Waals surface area contributed by atoms with E-state index in [0.717, 1.165) is 16.6 Å². The summed E-state index contributed by atoms with van der Waals surface area (Å²) in [6.45, 7) is 0. The first kappa shape index (κ1) is 12.2. The maximum atomic E-state index is 12.2. The van der Waals surface area contributed by atoms with Gasteiger partial charge in [0.2, 0.25) is 0 Å². The Kier molecular flexibility index (Phi) is 3.17. The van der Waals surface area contributed by atoms with Crippen LogP contribution in [0.4, 0.5) is 5.13 Å². The molecule has 0 radical (unpaired) electrons. The minimum atomic E-state index is -0.171. The summed E-state index contributed by atoms with van der Waals surface area (Å²) in [5.41, 5.74) is 0.592. The molecular formula is C11H9BrClN3OS. The van der Waals surface area contributed by atoms with E-state index in [9.17, 15) is 4.79 Å². The fraction of sp³-hybridized carbons (Fsp3) is 0.273. The molecule has 2 aromatic heterocycles. The van der Waals surface area contributed by atoms with Gasteiger partial charge in [-0.15, -0.1) is 0 Å². The van der Waals surface area contributed by atoms with Crippen molar-refractivity contribution < 1.29 is 4.79 Å². The third-order valence-electron chi connectivity index (χ3n) is 2.69. The van der Waals surface area contributed by atoms with Crippen LogP contribution in [0.5, 0.6) is 0 Å². The molecule has 1 aliphatic rings. The van der Waals surface area contributed by atoms with Crippen LogP contribution in [0.3, 0.4) is 0 Å². The summed E-state index contributed by atoms with van der Waals surface area (Å²) in [6, 6.07) is 2.11. The average molecular weight is 347 g/mol. The highest BCUT2D eigenvalue weighted by molar-refractivity contribution is 9.11. The summed E-state index contributed by atoms with van der Waals surface area (Å²) in [4.78, 5) is 16.2. The highest BCUT2D eigenvalue weighted by Gasteiger charge is 2.28. The number of hydrogen-bond acceptors (Lipinski definition) is 3. The Labute approximate surface area is 121 Å². The molecule has 0 bridgehead atoms. The van der Waals surface area contributed by atoms with Crippen LogP contribution < -0.4 is 5.32 Å². The molecule has 1 saturated carbocycles. The number of anilines is 1. The number of carbonyl (C=O) groups is 1. The number of nitrogens with zero attached hydrogens (tertiary/aromatic N) is 2. The molecule has 1 N–H and O–H groups in total. The van der Waals surface area contributed by atoms with Crippen LogP contribution in [-0.2, 0) is 0 Å². The predicted octanol–water partition coefficient (Wildman–Crippen LogP) is 3.95. The average Bonchev–Trinajstić information content (AvgIpc) is 2.98. The molecule has 1 amide bonds. The maximum absolute atomic E-state index is 12.2. The largest absolute Gasteiger partial charge is 0.339 e. The number of nitrogens with one attached hydrogen (secondary N) is 1. The Morgan fingerprint density at radius 2 is 2.39 bits per heavy atom. The summed E-state index contributed by atoms with van der Waals surface area (Å²) in [5.74, 6) is -0.171. The first-order valence-electron chi connectivity index (χ1n) is 5.43. The number of rotatable bonds is 3. The SMILES string of the molecule is O=C(Nc1ncc(Br)s1)c1cc(Cl)cn1C1CC1. The van der Waals surface area contributed by atoms with Gasteiger partial charge in [0.25, 0.3) is 5.91 Å².